The zero-order valence-electron chi connectivity index (χ0n) is 12.5. The van der Waals surface area contributed by atoms with E-state index >= 15 is 0 Å². The maximum Gasteiger partial charge on any atom is 0.241 e. The molecule has 1 N–H and O–H groups in total. The van der Waals surface area contributed by atoms with Crippen LogP contribution in [0.4, 0.5) is 0 Å². The molecule has 0 spiro atoms. The highest BCUT2D eigenvalue weighted by molar-refractivity contribution is 9.10. The number of likely N-dealkylation sites (tertiary alicyclic amines) is 1. The second-order valence-corrected chi connectivity index (χ2v) is 6.39. The number of hydrogen-bond acceptors (Lipinski definition) is 5. The van der Waals surface area contributed by atoms with Crippen LogP contribution in [0.2, 0.25) is 0 Å². The summed E-state index contributed by atoms with van der Waals surface area (Å²) in [6.07, 6.45) is 1.23. The lowest BCUT2D eigenvalue weighted by molar-refractivity contribution is 0.260. The van der Waals surface area contributed by atoms with Gasteiger partial charge in [-0.05, 0) is 44.6 Å². The third-order valence-electron chi connectivity index (χ3n) is 3.77. The van der Waals surface area contributed by atoms with E-state index in [1.807, 2.05) is 31.3 Å². The topological polar surface area (TPSA) is 54.2 Å². The molecule has 7 heteroatoms. The Bertz CT molecular complexity index is 607. The van der Waals surface area contributed by atoms with Gasteiger partial charge in [0.1, 0.15) is 0 Å². The summed E-state index contributed by atoms with van der Waals surface area (Å²) in [7, 11) is 2.00. The number of rotatable bonds is 5. The van der Waals surface area contributed by atoms with Crippen molar-refractivity contribution in [3.05, 3.63) is 34.6 Å². The van der Waals surface area contributed by atoms with Crippen LogP contribution in [0.1, 0.15) is 12.3 Å². The van der Waals surface area contributed by atoms with Crippen molar-refractivity contribution in [2.45, 2.75) is 13.0 Å². The first kappa shape index (κ1) is 17.4. The van der Waals surface area contributed by atoms with Gasteiger partial charge in [0.25, 0.3) is 0 Å². The van der Waals surface area contributed by atoms with E-state index in [4.69, 9.17) is 4.52 Å². The number of aromatic nitrogens is 2. The fraction of sp³-hybridized carbons (Fsp3) is 0.467. The van der Waals surface area contributed by atoms with Crippen LogP contribution in [0.5, 0.6) is 0 Å². The molecule has 0 saturated carbocycles. The molecule has 5 nitrogen and oxygen atoms in total. The van der Waals surface area contributed by atoms with E-state index in [-0.39, 0.29) is 12.4 Å². The van der Waals surface area contributed by atoms with Crippen LogP contribution in [0.25, 0.3) is 11.4 Å². The monoisotopic (exact) mass is 386 g/mol. The Hall–Kier alpha value is -0.950. The minimum atomic E-state index is 0. The molecule has 0 radical (unpaired) electrons. The van der Waals surface area contributed by atoms with E-state index in [0.29, 0.717) is 11.7 Å². The van der Waals surface area contributed by atoms with Gasteiger partial charge in [0.2, 0.25) is 11.7 Å². The zero-order valence-corrected chi connectivity index (χ0v) is 14.9. The van der Waals surface area contributed by atoms with Crippen LogP contribution in [0, 0.1) is 5.92 Å². The van der Waals surface area contributed by atoms with Crippen molar-refractivity contribution in [3.8, 4) is 11.4 Å². The zero-order chi connectivity index (χ0) is 14.7. The molecule has 1 aliphatic heterocycles. The largest absolute Gasteiger partial charge is 0.338 e. The Morgan fingerprint density at radius 3 is 3.09 bits per heavy atom. The molecule has 1 atom stereocenters. The lowest BCUT2D eigenvalue weighted by Gasteiger charge is -2.12. The number of nitrogens with zero attached hydrogens (tertiary/aromatic N) is 3. The molecule has 0 bridgehead atoms. The molecule has 1 aromatic carbocycles. The van der Waals surface area contributed by atoms with Gasteiger partial charge in [0.15, 0.2) is 0 Å². The quantitative estimate of drug-likeness (QED) is 0.855. The van der Waals surface area contributed by atoms with Crippen molar-refractivity contribution < 1.29 is 4.52 Å². The van der Waals surface area contributed by atoms with Crippen molar-refractivity contribution in [2.75, 3.05) is 26.7 Å². The predicted octanol–water partition coefficient (Wildman–Crippen LogP) is 2.96. The van der Waals surface area contributed by atoms with Gasteiger partial charge >= 0.3 is 0 Å². The standard InChI is InChI=1S/C15H19BrN4O.ClH/c1-17-8-11-5-6-20(9-11)10-14-18-15(19-21-14)12-3-2-4-13(16)7-12;/h2-4,7,11,17H,5-6,8-10H2,1H3;1H. The molecule has 1 aliphatic rings. The number of nitrogens with one attached hydrogen (secondary N) is 1. The summed E-state index contributed by atoms with van der Waals surface area (Å²) in [6, 6.07) is 7.93. The second kappa shape index (κ2) is 8.06. The lowest BCUT2D eigenvalue weighted by atomic mass is 10.1. The van der Waals surface area contributed by atoms with E-state index in [0.717, 1.165) is 42.1 Å². The van der Waals surface area contributed by atoms with Crippen molar-refractivity contribution in [1.29, 1.82) is 0 Å². The summed E-state index contributed by atoms with van der Waals surface area (Å²) >= 11 is 3.46. The smallest absolute Gasteiger partial charge is 0.241 e. The third kappa shape index (κ3) is 4.29. The Morgan fingerprint density at radius 1 is 1.45 bits per heavy atom. The highest BCUT2D eigenvalue weighted by atomic mass is 79.9. The van der Waals surface area contributed by atoms with Crippen LogP contribution >= 0.6 is 28.3 Å². The highest BCUT2D eigenvalue weighted by Gasteiger charge is 2.23. The van der Waals surface area contributed by atoms with E-state index in [2.05, 4.69) is 36.3 Å². The number of hydrogen-bond donors (Lipinski definition) is 1. The van der Waals surface area contributed by atoms with Gasteiger partial charge in [0, 0.05) is 16.6 Å². The molecular formula is C15H20BrClN4O. The fourth-order valence-corrected chi connectivity index (χ4v) is 3.17. The SMILES string of the molecule is CNCC1CCN(Cc2nc(-c3cccc(Br)c3)no2)C1.Cl. The molecular weight excluding hydrogens is 368 g/mol. The average Bonchev–Trinajstić information content (AvgIpc) is 3.10. The first-order valence-corrected chi connectivity index (χ1v) is 7.99. The molecule has 2 aromatic rings. The van der Waals surface area contributed by atoms with Gasteiger partial charge in [-0.1, -0.05) is 33.2 Å². The van der Waals surface area contributed by atoms with Gasteiger partial charge < -0.3 is 9.84 Å². The summed E-state index contributed by atoms with van der Waals surface area (Å²) < 4.78 is 6.40. The third-order valence-corrected chi connectivity index (χ3v) is 4.27. The molecule has 1 unspecified atom stereocenters. The lowest BCUT2D eigenvalue weighted by Crippen LogP contribution is -2.24. The fourth-order valence-electron chi connectivity index (χ4n) is 2.77. The normalized spacial score (nSPS) is 18.4. The second-order valence-electron chi connectivity index (χ2n) is 5.47. The van der Waals surface area contributed by atoms with Crippen molar-refractivity contribution >= 4 is 28.3 Å². The average molecular weight is 388 g/mol. The van der Waals surface area contributed by atoms with Crippen LogP contribution in [0.3, 0.4) is 0 Å². The Balaban J connectivity index is 0.00000176. The van der Waals surface area contributed by atoms with E-state index < -0.39 is 0 Å². The van der Waals surface area contributed by atoms with E-state index in [9.17, 15) is 0 Å². The molecule has 22 heavy (non-hydrogen) atoms. The van der Waals surface area contributed by atoms with Gasteiger partial charge in [-0.2, -0.15) is 4.98 Å². The summed E-state index contributed by atoms with van der Waals surface area (Å²) in [5, 5.41) is 7.32. The first-order chi connectivity index (χ1) is 10.2. The predicted molar refractivity (Wildman–Crippen MR) is 92.0 cm³/mol. The Labute approximate surface area is 145 Å². The van der Waals surface area contributed by atoms with Crippen LogP contribution in [-0.2, 0) is 6.54 Å². The number of halogens is 2. The Morgan fingerprint density at radius 2 is 2.32 bits per heavy atom. The van der Waals surface area contributed by atoms with E-state index in [1.54, 1.807) is 0 Å². The van der Waals surface area contributed by atoms with Crippen LogP contribution in [0.15, 0.2) is 33.3 Å². The molecule has 0 amide bonds. The van der Waals surface area contributed by atoms with Crippen molar-refractivity contribution in [1.82, 2.24) is 20.4 Å². The maximum atomic E-state index is 5.38. The first-order valence-electron chi connectivity index (χ1n) is 7.20. The van der Waals surface area contributed by atoms with Gasteiger partial charge in [-0.25, -0.2) is 0 Å². The summed E-state index contributed by atoms with van der Waals surface area (Å²) in [5.74, 6) is 2.06. The van der Waals surface area contributed by atoms with Crippen LogP contribution < -0.4 is 5.32 Å². The molecule has 1 fully saturated rings. The van der Waals surface area contributed by atoms with Crippen molar-refractivity contribution in [2.24, 2.45) is 5.92 Å². The van der Waals surface area contributed by atoms with Gasteiger partial charge in [-0.15, -0.1) is 12.4 Å². The number of benzene rings is 1. The van der Waals surface area contributed by atoms with Gasteiger partial charge in [0.05, 0.1) is 6.54 Å². The van der Waals surface area contributed by atoms with Crippen LogP contribution in [-0.4, -0.2) is 41.7 Å². The van der Waals surface area contributed by atoms with Gasteiger partial charge in [-0.3, -0.25) is 4.90 Å². The molecule has 0 aliphatic carbocycles. The Kier molecular flexibility index (Phi) is 6.37. The minimum absolute atomic E-state index is 0. The molecule has 120 valence electrons. The maximum absolute atomic E-state index is 5.38. The van der Waals surface area contributed by atoms with E-state index in [1.165, 1.54) is 6.42 Å². The molecule has 3 rings (SSSR count). The van der Waals surface area contributed by atoms with Crippen molar-refractivity contribution in [3.63, 3.8) is 0 Å². The molecule has 2 heterocycles. The highest BCUT2D eigenvalue weighted by Crippen LogP contribution is 2.22. The summed E-state index contributed by atoms with van der Waals surface area (Å²) in [5.41, 5.74) is 0.967. The summed E-state index contributed by atoms with van der Waals surface area (Å²) in [4.78, 5) is 6.88. The molecule has 1 saturated heterocycles. The minimum Gasteiger partial charge on any atom is -0.338 e. The summed E-state index contributed by atoms with van der Waals surface area (Å²) in [6.45, 7) is 4.00. The molecule has 1 aromatic heterocycles.